The second-order valence-corrected chi connectivity index (χ2v) is 6.28. The summed E-state index contributed by atoms with van der Waals surface area (Å²) in [5.74, 6) is -0.563. The number of hydrogen-bond donors (Lipinski definition) is 2. The lowest BCUT2D eigenvalue weighted by Gasteiger charge is -2.25. The maximum absolute atomic E-state index is 13.2. The standard InChI is InChI=1S/C22H26FN3O3/c1-4-29-14-22(28)26(16(2)18-6-8-19(23)9-7-18)12-11-17-5-10-20(25-15-27)21(13-17)24-3/h5-10,13,15,24H,2,4,11-12,14H2,1,3H3,(H,25,27). The third-order valence-corrected chi connectivity index (χ3v) is 4.43. The monoisotopic (exact) mass is 399 g/mol. The van der Waals surface area contributed by atoms with Crippen molar-refractivity contribution in [1.29, 1.82) is 0 Å². The molecule has 154 valence electrons. The van der Waals surface area contributed by atoms with Gasteiger partial charge in [-0.1, -0.05) is 24.8 Å². The van der Waals surface area contributed by atoms with Gasteiger partial charge in [-0.15, -0.1) is 0 Å². The summed E-state index contributed by atoms with van der Waals surface area (Å²) >= 11 is 0. The molecular weight excluding hydrogens is 373 g/mol. The third-order valence-electron chi connectivity index (χ3n) is 4.43. The molecule has 0 aliphatic carbocycles. The van der Waals surface area contributed by atoms with Crippen molar-refractivity contribution in [3.8, 4) is 0 Å². The first-order chi connectivity index (χ1) is 14.0. The van der Waals surface area contributed by atoms with Gasteiger partial charge in [-0.3, -0.25) is 9.59 Å². The number of rotatable bonds is 11. The van der Waals surface area contributed by atoms with Crippen molar-refractivity contribution in [2.45, 2.75) is 13.3 Å². The second-order valence-electron chi connectivity index (χ2n) is 6.28. The Labute approximate surface area is 170 Å². The maximum Gasteiger partial charge on any atom is 0.252 e. The molecule has 6 nitrogen and oxygen atoms in total. The fourth-order valence-electron chi connectivity index (χ4n) is 2.86. The quantitative estimate of drug-likeness (QED) is 0.567. The zero-order valence-electron chi connectivity index (χ0n) is 16.7. The highest BCUT2D eigenvalue weighted by Gasteiger charge is 2.18. The van der Waals surface area contributed by atoms with Crippen LogP contribution in [0.2, 0.25) is 0 Å². The van der Waals surface area contributed by atoms with Gasteiger partial charge >= 0.3 is 0 Å². The van der Waals surface area contributed by atoms with Gasteiger partial charge in [0.15, 0.2) is 0 Å². The molecule has 2 aromatic rings. The van der Waals surface area contributed by atoms with Gasteiger partial charge < -0.3 is 20.3 Å². The summed E-state index contributed by atoms with van der Waals surface area (Å²) in [5, 5.41) is 5.67. The summed E-state index contributed by atoms with van der Waals surface area (Å²) in [6.07, 6.45) is 1.19. The van der Waals surface area contributed by atoms with Crippen LogP contribution < -0.4 is 10.6 Å². The van der Waals surface area contributed by atoms with Crippen molar-refractivity contribution in [2.24, 2.45) is 0 Å². The van der Waals surface area contributed by atoms with E-state index in [2.05, 4.69) is 17.2 Å². The Balaban J connectivity index is 2.19. The first kappa shape index (κ1) is 22.1. The van der Waals surface area contributed by atoms with Crippen molar-refractivity contribution < 1.29 is 18.7 Å². The van der Waals surface area contributed by atoms with Gasteiger partial charge in [-0.25, -0.2) is 4.39 Å². The van der Waals surface area contributed by atoms with Crippen LogP contribution in [-0.2, 0) is 20.7 Å². The zero-order chi connectivity index (χ0) is 21.2. The van der Waals surface area contributed by atoms with E-state index in [1.165, 1.54) is 12.1 Å². The van der Waals surface area contributed by atoms with Gasteiger partial charge in [0.05, 0.1) is 11.4 Å². The number of carbonyl (C=O) groups excluding carboxylic acids is 2. The van der Waals surface area contributed by atoms with E-state index in [1.54, 1.807) is 30.1 Å². The smallest absolute Gasteiger partial charge is 0.252 e. The Morgan fingerprint density at radius 1 is 1.21 bits per heavy atom. The number of benzene rings is 2. The fraction of sp³-hybridized carbons (Fsp3) is 0.273. The Bertz CT molecular complexity index is 853. The average Bonchev–Trinajstić information content (AvgIpc) is 2.73. The molecular formula is C22H26FN3O3. The van der Waals surface area contributed by atoms with Gasteiger partial charge in [-0.05, 0) is 48.7 Å². The zero-order valence-corrected chi connectivity index (χ0v) is 16.7. The maximum atomic E-state index is 13.2. The van der Waals surface area contributed by atoms with E-state index in [-0.39, 0.29) is 18.3 Å². The SMILES string of the molecule is C=C(c1ccc(F)cc1)N(CCc1ccc(NC=O)c(NC)c1)C(=O)COCC. The molecule has 0 aromatic heterocycles. The topological polar surface area (TPSA) is 70.7 Å². The minimum Gasteiger partial charge on any atom is -0.386 e. The van der Waals surface area contributed by atoms with Crippen LogP contribution in [0.5, 0.6) is 0 Å². The summed E-state index contributed by atoms with van der Waals surface area (Å²) in [5.41, 5.74) is 3.58. The highest BCUT2D eigenvalue weighted by molar-refractivity contribution is 5.87. The van der Waals surface area contributed by atoms with E-state index in [0.717, 1.165) is 11.3 Å². The molecule has 0 aliphatic heterocycles. The fourth-order valence-corrected chi connectivity index (χ4v) is 2.86. The van der Waals surface area contributed by atoms with E-state index in [9.17, 15) is 14.0 Å². The summed E-state index contributed by atoms with van der Waals surface area (Å²) in [6.45, 7) is 6.61. The Hall–Kier alpha value is -3.19. The van der Waals surface area contributed by atoms with Gasteiger partial charge in [0, 0.05) is 25.9 Å². The average molecular weight is 399 g/mol. The molecule has 0 heterocycles. The van der Waals surface area contributed by atoms with Gasteiger partial charge in [0.1, 0.15) is 12.4 Å². The van der Waals surface area contributed by atoms with Crippen LogP contribution in [-0.4, -0.2) is 44.0 Å². The van der Waals surface area contributed by atoms with E-state index in [1.807, 2.05) is 19.1 Å². The van der Waals surface area contributed by atoms with Crippen LogP contribution in [0.4, 0.5) is 15.8 Å². The minimum atomic E-state index is -0.350. The first-order valence-electron chi connectivity index (χ1n) is 9.34. The number of hydrogen-bond acceptors (Lipinski definition) is 4. The predicted molar refractivity (Wildman–Crippen MR) is 113 cm³/mol. The summed E-state index contributed by atoms with van der Waals surface area (Å²) in [4.78, 5) is 24.9. The molecule has 0 saturated carbocycles. The molecule has 0 fully saturated rings. The molecule has 0 unspecified atom stereocenters. The highest BCUT2D eigenvalue weighted by Crippen LogP contribution is 2.24. The molecule has 2 amide bonds. The number of nitrogens with zero attached hydrogens (tertiary/aromatic N) is 1. The second kappa shape index (κ2) is 11.0. The number of nitrogens with one attached hydrogen (secondary N) is 2. The van der Waals surface area contributed by atoms with Crippen LogP contribution in [0.15, 0.2) is 49.0 Å². The van der Waals surface area contributed by atoms with Crippen LogP contribution in [0.25, 0.3) is 5.70 Å². The predicted octanol–water partition coefficient (Wildman–Crippen LogP) is 3.51. The van der Waals surface area contributed by atoms with Gasteiger partial charge in [-0.2, -0.15) is 0 Å². The molecule has 0 spiro atoms. The molecule has 7 heteroatoms. The molecule has 0 bridgehead atoms. The van der Waals surface area contributed by atoms with E-state index in [0.29, 0.717) is 42.9 Å². The molecule has 0 aliphatic rings. The highest BCUT2D eigenvalue weighted by atomic mass is 19.1. The van der Waals surface area contributed by atoms with E-state index < -0.39 is 0 Å². The lowest BCUT2D eigenvalue weighted by molar-refractivity contribution is -0.132. The Kier molecular flexibility index (Phi) is 8.36. The van der Waals surface area contributed by atoms with Crippen LogP contribution in [0.1, 0.15) is 18.1 Å². The molecule has 2 rings (SSSR count). The summed E-state index contributed by atoms with van der Waals surface area (Å²) in [6, 6.07) is 11.5. The van der Waals surface area contributed by atoms with Crippen molar-refractivity contribution in [1.82, 2.24) is 4.90 Å². The summed E-state index contributed by atoms with van der Waals surface area (Å²) in [7, 11) is 1.77. The number of carbonyl (C=O) groups is 2. The normalized spacial score (nSPS) is 10.3. The third kappa shape index (κ3) is 6.15. The first-order valence-corrected chi connectivity index (χ1v) is 9.34. The van der Waals surface area contributed by atoms with E-state index >= 15 is 0 Å². The number of halogens is 1. The van der Waals surface area contributed by atoms with Gasteiger partial charge in [0.2, 0.25) is 6.41 Å². The largest absolute Gasteiger partial charge is 0.386 e. The molecule has 2 aromatic carbocycles. The Morgan fingerprint density at radius 3 is 2.55 bits per heavy atom. The Morgan fingerprint density at radius 2 is 1.93 bits per heavy atom. The summed E-state index contributed by atoms with van der Waals surface area (Å²) < 4.78 is 18.5. The molecule has 0 atom stereocenters. The number of amides is 2. The van der Waals surface area contributed by atoms with Crippen molar-refractivity contribution in [3.63, 3.8) is 0 Å². The van der Waals surface area contributed by atoms with Crippen molar-refractivity contribution in [2.75, 3.05) is 37.4 Å². The number of ether oxygens (including phenoxy) is 1. The minimum absolute atomic E-state index is 0.0549. The van der Waals surface area contributed by atoms with Crippen LogP contribution in [0.3, 0.4) is 0 Å². The van der Waals surface area contributed by atoms with Crippen molar-refractivity contribution >= 4 is 29.4 Å². The molecule has 0 saturated heterocycles. The molecule has 0 radical (unpaired) electrons. The van der Waals surface area contributed by atoms with Crippen LogP contribution >= 0.6 is 0 Å². The lowest BCUT2D eigenvalue weighted by atomic mass is 10.1. The van der Waals surface area contributed by atoms with Crippen LogP contribution in [0, 0.1) is 5.82 Å². The van der Waals surface area contributed by atoms with Crippen molar-refractivity contribution in [3.05, 3.63) is 66.0 Å². The molecule has 29 heavy (non-hydrogen) atoms. The van der Waals surface area contributed by atoms with Gasteiger partial charge in [0.25, 0.3) is 5.91 Å². The lowest BCUT2D eigenvalue weighted by Crippen LogP contribution is -2.34. The molecule has 2 N–H and O–H groups in total. The van der Waals surface area contributed by atoms with E-state index in [4.69, 9.17) is 4.74 Å². The number of anilines is 2.